The van der Waals surface area contributed by atoms with Gasteiger partial charge in [0.1, 0.15) is 0 Å². The quantitative estimate of drug-likeness (QED) is 0.623. The zero-order chi connectivity index (χ0) is 11.4. The minimum atomic E-state index is -0.881. The van der Waals surface area contributed by atoms with Crippen LogP contribution in [0.5, 0.6) is 0 Å². The fourth-order valence-electron chi connectivity index (χ4n) is 1.36. The van der Waals surface area contributed by atoms with Crippen LogP contribution in [0.25, 0.3) is 0 Å². The Morgan fingerprint density at radius 2 is 2.13 bits per heavy atom. The Bertz CT molecular complexity index is 252. The van der Waals surface area contributed by atoms with Crippen molar-refractivity contribution in [1.82, 2.24) is 5.32 Å². The molecule has 0 spiro atoms. The van der Waals surface area contributed by atoms with Gasteiger partial charge >= 0.3 is 5.97 Å². The molecule has 1 amide bonds. The van der Waals surface area contributed by atoms with Crippen molar-refractivity contribution in [3.8, 4) is 0 Å². The molecule has 0 radical (unpaired) electrons. The summed E-state index contributed by atoms with van der Waals surface area (Å²) in [5.74, 6) is -1.86. The third-order valence-electron chi connectivity index (χ3n) is 2.30. The first kappa shape index (κ1) is 12.0. The Kier molecular flexibility index (Phi) is 4.08. The number of amides is 1. The van der Waals surface area contributed by atoms with Crippen molar-refractivity contribution in [1.29, 1.82) is 0 Å². The van der Waals surface area contributed by atoms with Crippen LogP contribution >= 0.6 is 0 Å². The van der Waals surface area contributed by atoms with Gasteiger partial charge in [-0.15, -0.1) is 0 Å². The second kappa shape index (κ2) is 5.11. The predicted molar refractivity (Wildman–Crippen MR) is 53.3 cm³/mol. The summed E-state index contributed by atoms with van der Waals surface area (Å²) in [5, 5.41) is 11.3. The van der Waals surface area contributed by atoms with E-state index in [1.165, 1.54) is 0 Å². The fraction of sp³-hybridized carbons (Fsp3) is 0.800. The molecular formula is C10H17NO4. The van der Waals surface area contributed by atoms with Gasteiger partial charge < -0.3 is 15.2 Å². The van der Waals surface area contributed by atoms with Gasteiger partial charge in [-0.2, -0.15) is 0 Å². The molecule has 2 N–H and O–H groups in total. The van der Waals surface area contributed by atoms with Gasteiger partial charge in [-0.1, -0.05) is 0 Å². The lowest BCUT2D eigenvalue weighted by Crippen LogP contribution is -2.30. The molecule has 0 aromatic carbocycles. The van der Waals surface area contributed by atoms with Crippen LogP contribution in [0.4, 0.5) is 0 Å². The van der Waals surface area contributed by atoms with Crippen molar-refractivity contribution in [2.24, 2.45) is 11.8 Å². The molecule has 5 heteroatoms. The van der Waals surface area contributed by atoms with Gasteiger partial charge in [0.15, 0.2) is 0 Å². The van der Waals surface area contributed by atoms with E-state index in [1.807, 2.05) is 13.8 Å². The van der Waals surface area contributed by atoms with Gasteiger partial charge in [-0.25, -0.2) is 0 Å². The lowest BCUT2D eigenvalue weighted by atomic mass is 10.3. The van der Waals surface area contributed by atoms with E-state index in [1.54, 1.807) is 0 Å². The third kappa shape index (κ3) is 3.87. The van der Waals surface area contributed by atoms with E-state index in [-0.39, 0.29) is 17.9 Å². The number of hydrogen-bond acceptors (Lipinski definition) is 3. The zero-order valence-corrected chi connectivity index (χ0v) is 9.03. The van der Waals surface area contributed by atoms with Crippen LogP contribution in [0, 0.1) is 11.8 Å². The maximum atomic E-state index is 11.3. The van der Waals surface area contributed by atoms with Crippen LogP contribution in [0.15, 0.2) is 0 Å². The maximum Gasteiger partial charge on any atom is 0.307 e. The zero-order valence-electron chi connectivity index (χ0n) is 9.03. The molecule has 0 aromatic heterocycles. The van der Waals surface area contributed by atoms with Gasteiger partial charge in [0.05, 0.1) is 24.5 Å². The highest BCUT2D eigenvalue weighted by Crippen LogP contribution is 2.38. The number of hydrogen-bond donors (Lipinski definition) is 2. The maximum absolute atomic E-state index is 11.3. The average molecular weight is 215 g/mol. The van der Waals surface area contributed by atoms with Crippen LogP contribution in [-0.4, -0.2) is 36.2 Å². The van der Waals surface area contributed by atoms with Crippen LogP contribution in [0.1, 0.15) is 20.3 Å². The van der Waals surface area contributed by atoms with Gasteiger partial charge in [-0.3, -0.25) is 9.59 Å². The van der Waals surface area contributed by atoms with Crippen LogP contribution < -0.4 is 5.32 Å². The highest BCUT2D eigenvalue weighted by molar-refractivity contribution is 5.89. The molecule has 1 rings (SSSR count). The number of rotatable bonds is 6. The molecule has 0 heterocycles. The smallest absolute Gasteiger partial charge is 0.307 e. The summed E-state index contributed by atoms with van der Waals surface area (Å²) < 4.78 is 5.24. The summed E-state index contributed by atoms with van der Waals surface area (Å²) in [6.07, 6.45) is 0.612. The highest BCUT2D eigenvalue weighted by Gasteiger charge is 2.48. The van der Waals surface area contributed by atoms with Crippen LogP contribution in [0.3, 0.4) is 0 Å². The van der Waals surface area contributed by atoms with Gasteiger partial charge in [0.25, 0.3) is 0 Å². The standard InChI is InChI=1S/C10H17NO4/c1-6(2)15-4-3-11-9(12)7-5-8(7)10(13)14/h6-8H,3-5H2,1-2H3,(H,11,12)(H,13,14)/t7-,8+/m1/s1. The van der Waals surface area contributed by atoms with Crippen molar-refractivity contribution in [2.75, 3.05) is 13.2 Å². The van der Waals surface area contributed by atoms with Crippen molar-refractivity contribution in [3.05, 3.63) is 0 Å². The largest absolute Gasteiger partial charge is 0.481 e. The summed E-state index contributed by atoms with van der Waals surface area (Å²) in [6.45, 7) is 4.75. The minimum Gasteiger partial charge on any atom is -0.481 e. The minimum absolute atomic E-state index is 0.148. The first-order valence-electron chi connectivity index (χ1n) is 5.14. The number of aliphatic carboxylic acids is 1. The van der Waals surface area contributed by atoms with E-state index in [2.05, 4.69) is 5.32 Å². The third-order valence-corrected chi connectivity index (χ3v) is 2.30. The van der Waals surface area contributed by atoms with Crippen molar-refractivity contribution >= 4 is 11.9 Å². The second-order valence-electron chi connectivity index (χ2n) is 4.00. The Labute approximate surface area is 88.8 Å². The summed E-state index contributed by atoms with van der Waals surface area (Å²) in [4.78, 5) is 21.8. The Morgan fingerprint density at radius 3 is 2.60 bits per heavy atom. The summed E-state index contributed by atoms with van der Waals surface area (Å²) in [7, 11) is 0. The van der Waals surface area contributed by atoms with E-state index < -0.39 is 11.9 Å². The van der Waals surface area contributed by atoms with Crippen molar-refractivity contribution in [3.63, 3.8) is 0 Å². The topological polar surface area (TPSA) is 75.6 Å². The number of carbonyl (C=O) groups excluding carboxylic acids is 1. The summed E-state index contributed by atoms with van der Waals surface area (Å²) in [6, 6.07) is 0. The molecular weight excluding hydrogens is 198 g/mol. The molecule has 86 valence electrons. The Morgan fingerprint density at radius 1 is 1.47 bits per heavy atom. The number of carboxylic acid groups (broad SMARTS) is 1. The summed E-state index contributed by atoms with van der Waals surface area (Å²) >= 11 is 0. The molecule has 1 saturated carbocycles. The first-order valence-corrected chi connectivity index (χ1v) is 5.14. The lowest BCUT2D eigenvalue weighted by Gasteiger charge is -2.08. The van der Waals surface area contributed by atoms with E-state index in [0.29, 0.717) is 19.6 Å². The van der Waals surface area contributed by atoms with Gasteiger partial charge in [-0.05, 0) is 20.3 Å². The van der Waals surface area contributed by atoms with E-state index in [0.717, 1.165) is 0 Å². The normalized spacial score (nSPS) is 23.9. The molecule has 0 saturated heterocycles. The molecule has 5 nitrogen and oxygen atoms in total. The Hall–Kier alpha value is -1.10. The first-order chi connectivity index (χ1) is 7.02. The van der Waals surface area contributed by atoms with Crippen LogP contribution in [-0.2, 0) is 14.3 Å². The number of ether oxygens (including phenoxy) is 1. The predicted octanol–water partition coefficient (Wildman–Crippen LogP) is 0.248. The summed E-state index contributed by atoms with van der Waals surface area (Å²) in [5.41, 5.74) is 0. The number of nitrogens with one attached hydrogen (secondary N) is 1. The monoisotopic (exact) mass is 215 g/mol. The number of carbonyl (C=O) groups is 2. The number of carboxylic acids is 1. The molecule has 0 aromatic rings. The van der Waals surface area contributed by atoms with Crippen molar-refractivity contribution < 1.29 is 19.4 Å². The fourth-order valence-corrected chi connectivity index (χ4v) is 1.36. The lowest BCUT2D eigenvalue weighted by molar-refractivity contribution is -0.140. The molecule has 1 aliphatic carbocycles. The SMILES string of the molecule is CC(C)OCCNC(=O)[C@@H]1C[C@@H]1C(=O)O. The van der Waals surface area contributed by atoms with Gasteiger partial charge in [0.2, 0.25) is 5.91 Å². The van der Waals surface area contributed by atoms with E-state index in [4.69, 9.17) is 9.84 Å². The van der Waals surface area contributed by atoms with Gasteiger partial charge in [0, 0.05) is 6.54 Å². The molecule has 0 bridgehead atoms. The molecule has 2 atom stereocenters. The Balaban J connectivity index is 2.08. The molecule has 0 unspecified atom stereocenters. The highest BCUT2D eigenvalue weighted by atomic mass is 16.5. The van der Waals surface area contributed by atoms with Crippen molar-refractivity contribution in [2.45, 2.75) is 26.4 Å². The molecule has 1 aliphatic rings. The second-order valence-corrected chi connectivity index (χ2v) is 4.00. The molecule has 15 heavy (non-hydrogen) atoms. The van der Waals surface area contributed by atoms with E-state index in [9.17, 15) is 9.59 Å². The average Bonchev–Trinajstić information content (AvgIpc) is 2.90. The molecule has 1 fully saturated rings. The van der Waals surface area contributed by atoms with Crippen LogP contribution in [0.2, 0.25) is 0 Å². The van der Waals surface area contributed by atoms with E-state index >= 15 is 0 Å². The molecule has 0 aliphatic heterocycles.